The van der Waals surface area contributed by atoms with E-state index in [4.69, 9.17) is 10.2 Å². The fraction of sp³-hybridized carbons (Fsp3) is 0.273. The molecule has 0 radical (unpaired) electrons. The molecule has 4 aromatic rings. The summed E-state index contributed by atoms with van der Waals surface area (Å²) in [5.74, 6) is 0.516. The predicted octanol–water partition coefficient (Wildman–Crippen LogP) is 3.76. The Morgan fingerprint density at radius 3 is 2.90 bits per heavy atom. The van der Waals surface area contributed by atoms with Crippen LogP contribution in [0.4, 0.5) is 5.95 Å². The number of aromatic amines is 1. The number of aromatic nitrogens is 4. The average Bonchev–Trinajstić information content (AvgIpc) is 3.18. The van der Waals surface area contributed by atoms with Gasteiger partial charge in [-0.15, -0.1) is 0 Å². The van der Waals surface area contributed by atoms with Crippen molar-refractivity contribution >= 4 is 27.8 Å². The molecule has 1 aliphatic rings. The Balaban J connectivity index is 1.58. The molecular weight excluding hydrogens is 364 g/mol. The second kappa shape index (κ2) is 7.15. The van der Waals surface area contributed by atoms with Crippen LogP contribution in [0.1, 0.15) is 31.2 Å². The number of H-pyrrole nitrogens is 1. The van der Waals surface area contributed by atoms with Crippen molar-refractivity contribution in [2.75, 3.05) is 5.32 Å². The molecule has 144 valence electrons. The third-order valence-corrected chi connectivity index (χ3v) is 5.63. The lowest BCUT2D eigenvalue weighted by molar-refractivity contribution is 0.116. The normalized spacial score (nSPS) is 19.3. The van der Waals surface area contributed by atoms with Crippen molar-refractivity contribution in [3.63, 3.8) is 0 Å². The second-order valence-electron chi connectivity index (χ2n) is 7.50. The molecule has 0 saturated heterocycles. The molecule has 3 N–H and O–H groups in total. The van der Waals surface area contributed by atoms with Crippen LogP contribution in [0.2, 0.25) is 0 Å². The lowest BCUT2D eigenvalue weighted by atomic mass is 9.93. The van der Waals surface area contributed by atoms with Gasteiger partial charge in [0.2, 0.25) is 5.95 Å². The molecule has 7 nitrogen and oxygen atoms in total. The van der Waals surface area contributed by atoms with Crippen LogP contribution in [0, 0.1) is 11.3 Å². The van der Waals surface area contributed by atoms with Crippen LogP contribution in [-0.4, -0.2) is 37.2 Å². The average molecular weight is 384 g/mol. The maximum absolute atomic E-state index is 10.3. The number of aliphatic hydroxyl groups is 1. The van der Waals surface area contributed by atoms with E-state index in [0.29, 0.717) is 11.5 Å². The largest absolute Gasteiger partial charge is 0.391 e. The van der Waals surface area contributed by atoms with Crippen molar-refractivity contribution in [2.24, 2.45) is 0 Å². The molecular formula is C22H20N6O. The van der Waals surface area contributed by atoms with Gasteiger partial charge in [0.15, 0.2) is 0 Å². The Morgan fingerprint density at radius 2 is 2.03 bits per heavy atom. The van der Waals surface area contributed by atoms with E-state index in [-0.39, 0.29) is 12.1 Å². The summed E-state index contributed by atoms with van der Waals surface area (Å²) in [5.41, 5.74) is 4.18. The molecule has 1 saturated carbocycles. The molecule has 2 atom stereocenters. The first kappa shape index (κ1) is 17.6. The zero-order valence-electron chi connectivity index (χ0n) is 15.8. The van der Waals surface area contributed by atoms with Gasteiger partial charge in [-0.05, 0) is 25.0 Å². The molecule has 1 aliphatic carbocycles. The molecule has 0 spiro atoms. The fourth-order valence-corrected chi connectivity index (χ4v) is 4.09. The van der Waals surface area contributed by atoms with E-state index in [1.54, 1.807) is 18.6 Å². The predicted molar refractivity (Wildman–Crippen MR) is 111 cm³/mol. The number of hydrogen-bond acceptors (Lipinski definition) is 6. The van der Waals surface area contributed by atoms with Crippen LogP contribution in [0.15, 0.2) is 43.0 Å². The number of nitrogens with one attached hydrogen (secondary N) is 2. The Labute approximate surface area is 167 Å². The summed E-state index contributed by atoms with van der Waals surface area (Å²) in [6, 6.07) is 7.73. The first-order valence-electron chi connectivity index (χ1n) is 9.80. The van der Waals surface area contributed by atoms with Gasteiger partial charge in [0.1, 0.15) is 0 Å². The van der Waals surface area contributed by atoms with Crippen molar-refractivity contribution in [1.82, 2.24) is 19.9 Å². The highest BCUT2D eigenvalue weighted by molar-refractivity contribution is 6.03. The fourth-order valence-electron chi connectivity index (χ4n) is 4.09. The van der Waals surface area contributed by atoms with Crippen molar-refractivity contribution < 1.29 is 5.11 Å². The van der Waals surface area contributed by atoms with Crippen LogP contribution in [0.5, 0.6) is 0 Å². The SMILES string of the molecule is N#Cc1ccc2c(-c3cncc4cnc(NC5CCCCC5O)nc34)c[nH]c2c1. The lowest BCUT2D eigenvalue weighted by Gasteiger charge is -2.28. The van der Waals surface area contributed by atoms with Gasteiger partial charge in [-0.3, -0.25) is 4.98 Å². The number of hydrogen-bond donors (Lipinski definition) is 3. The third-order valence-electron chi connectivity index (χ3n) is 5.63. The highest BCUT2D eigenvalue weighted by atomic mass is 16.3. The minimum atomic E-state index is -0.372. The minimum absolute atomic E-state index is 0.0241. The molecule has 5 rings (SSSR count). The maximum atomic E-state index is 10.3. The topological polar surface area (TPSA) is 111 Å². The van der Waals surface area contributed by atoms with Gasteiger partial charge in [0, 0.05) is 52.2 Å². The maximum Gasteiger partial charge on any atom is 0.223 e. The van der Waals surface area contributed by atoms with Gasteiger partial charge >= 0.3 is 0 Å². The summed E-state index contributed by atoms with van der Waals surface area (Å²) < 4.78 is 0. The Morgan fingerprint density at radius 1 is 1.14 bits per heavy atom. The molecule has 3 aromatic heterocycles. The zero-order chi connectivity index (χ0) is 19.8. The molecule has 1 fully saturated rings. The molecule has 0 aliphatic heterocycles. The highest BCUT2D eigenvalue weighted by Gasteiger charge is 2.23. The summed E-state index contributed by atoms with van der Waals surface area (Å²) >= 11 is 0. The van der Waals surface area contributed by atoms with Crippen molar-refractivity contribution in [3.05, 3.63) is 48.5 Å². The number of pyridine rings is 1. The molecule has 7 heteroatoms. The van der Waals surface area contributed by atoms with E-state index in [1.165, 1.54) is 0 Å². The number of benzene rings is 1. The van der Waals surface area contributed by atoms with Crippen LogP contribution in [0.25, 0.3) is 32.9 Å². The first-order valence-corrected chi connectivity index (χ1v) is 9.80. The van der Waals surface area contributed by atoms with Crippen LogP contribution < -0.4 is 5.32 Å². The zero-order valence-corrected chi connectivity index (χ0v) is 15.8. The molecule has 0 amide bonds. The van der Waals surface area contributed by atoms with E-state index in [2.05, 4.69) is 26.3 Å². The van der Waals surface area contributed by atoms with Crippen molar-refractivity contribution in [1.29, 1.82) is 5.26 Å². The van der Waals surface area contributed by atoms with E-state index in [1.807, 2.05) is 24.4 Å². The van der Waals surface area contributed by atoms with E-state index >= 15 is 0 Å². The summed E-state index contributed by atoms with van der Waals surface area (Å²) in [6.07, 6.45) is 10.7. The van der Waals surface area contributed by atoms with Crippen molar-refractivity contribution in [2.45, 2.75) is 37.8 Å². The Hall–Kier alpha value is -3.50. The number of aliphatic hydroxyl groups excluding tert-OH is 1. The third kappa shape index (κ3) is 3.18. The van der Waals surface area contributed by atoms with Crippen LogP contribution >= 0.6 is 0 Å². The summed E-state index contributed by atoms with van der Waals surface area (Å²) in [6.45, 7) is 0. The number of rotatable bonds is 3. The van der Waals surface area contributed by atoms with Gasteiger partial charge < -0.3 is 15.4 Å². The van der Waals surface area contributed by atoms with Gasteiger partial charge in [0.05, 0.1) is 29.3 Å². The van der Waals surface area contributed by atoms with Crippen LogP contribution in [0.3, 0.4) is 0 Å². The molecule has 1 aromatic carbocycles. The first-order chi connectivity index (χ1) is 14.2. The second-order valence-corrected chi connectivity index (χ2v) is 7.50. The molecule has 3 heterocycles. The van der Waals surface area contributed by atoms with E-state index in [9.17, 15) is 5.11 Å². The molecule has 0 bridgehead atoms. The van der Waals surface area contributed by atoms with Crippen molar-refractivity contribution in [3.8, 4) is 17.2 Å². The summed E-state index contributed by atoms with van der Waals surface area (Å²) in [5, 5.41) is 24.6. The quantitative estimate of drug-likeness (QED) is 0.496. The Kier molecular flexibility index (Phi) is 4.34. The van der Waals surface area contributed by atoms with Gasteiger partial charge in [0.25, 0.3) is 0 Å². The minimum Gasteiger partial charge on any atom is -0.391 e. The van der Waals surface area contributed by atoms with E-state index in [0.717, 1.165) is 58.6 Å². The number of nitriles is 1. The molecule has 29 heavy (non-hydrogen) atoms. The van der Waals surface area contributed by atoms with Crippen LogP contribution in [-0.2, 0) is 0 Å². The highest BCUT2D eigenvalue weighted by Crippen LogP contribution is 2.33. The van der Waals surface area contributed by atoms with E-state index < -0.39 is 0 Å². The number of nitrogens with zero attached hydrogens (tertiary/aromatic N) is 4. The van der Waals surface area contributed by atoms with Gasteiger partial charge in [-0.1, -0.05) is 18.9 Å². The number of anilines is 1. The lowest BCUT2D eigenvalue weighted by Crippen LogP contribution is -2.36. The molecule has 2 unspecified atom stereocenters. The monoisotopic (exact) mass is 384 g/mol. The summed E-state index contributed by atoms with van der Waals surface area (Å²) in [4.78, 5) is 16.8. The Bertz CT molecular complexity index is 1240. The van der Waals surface area contributed by atoms with Gasteiger partial charge in [-0.25, -0.2) is 9.97 Å². The van der Waals surface area contributed by atoms with Gasteiger partial charge in [-0.2, -0.15) is 5.26 Å². The smallest absolute Gasteiger partial charge is 0.223 e. The summed E-state index contributed by atoms with van der Waals surface area (Å²) in [7, 11) is 0. The number of fused-ring (bicyclic) bond motifs is 2. The standard InChI is InChI=1S/C22H20N6O/c23-8-13-5-6-15-16(12-25-19(15)7-13)17-11-24-9-14-10-26-22(28-21(14)17)27-18-3-1-2-4-20(18)29/h5-7,9-12,18,20,25,29H,1-4H2,(H,26,27,28).